The Labute approximate surface area is 162 Å². The second-order valence-electron chi connectivity index (χ2n) is 6.39. The number of nitrogen functional groups attached to an aromatic ring is 1. The Morgan fingerprint density at radius 2 is 1.79 bits per heavy atom. The molecule has 0 aliphatic carbocycles. The number of anilines is 1. The van der Waals surface area contributed by atoms with Gasteiger partial charge in [0, 0.05) is 22.9 Å². The monoisotopic (exact) mass is 395 g/mol. The maximum absolute atomic E-state index is 12.7. The summed E-state index contributed by atoms with van der Waals surface area (Å²) in [5.74, 6) is -0.215. The van der Waals surface area contributed by atoms with E-state index in [1.165, 1.54) is 18.2 Å². The zero-order valence-corrected chi connectivity index (χ0v) is 14.7. The number of ether oxygens (including phenoxy) is 1. The highest BCUT2D eigenvalue weighted by atomic mass is 19.4. The Morgan fingerprint density at radius 3 is 2.62 bits per heavy atom. The lowest BCUT2D eigenvalue weighted by Crippen LogP contribution is -2.17. The normalized spacial score (nSPS) is 13.0. The Bertz CT molecular complexity index is 1290. The largest absolute Gasteiger partial charge is 0.573 e. The van der Waals surface area contributed by atoms with Gasteiger partial charge in [-0.1, -0.05) is 30.3 Å². The number of halogens is 3. The maximum atomic E-state index is 12.7. The van der Waals surface area contributed by atoms with Crippen LogP contribution in [0, 0.1) is 0 Å². The highest BCUT2D eigenvalue weighted by Crippen LogP contribution is 2.38. The smallest absolute Gasteiger partial charge is 0.406 e. The zero-order chi connectivity index (χ0) is 20.2. The van der Waals surface area contributed by atoms with E-state index in [0.29, 0.717) is 33.7 Å². The van der Waals surface area contributed by atoms with Crippen molar-refractivity contribution in [1.29, 1.82) is 0 Å². The molecule has 2 N–H and O–H groups in total. The number of alkyl halides is 3. The quantitative estimate of drug-likeness (QED) is 0.482. The van der Waals surface area contributed by atoms with Crippen molar-refractivity contribution in [2.24, 2.45) is 4.99 Å². The summed E-state index contributed by atoms with van der Waals surface area (Å²) in [4.78, 5) is 9.15. The Kier molecular flexibility index (Phi) is 3.60. The standard InChI is InChI=1S/C20H12F3N5O/c21-20(22,23)29-12-5-3-4-11(10-12)16-14-8-9-28-18(14)17(26-19(24)27-28)13-6-1-2-7-15(13)25-16/h1-10H,(H2,24,27). The van der Waals surface area contributed by atoms with Crippen LogP contribution in [0.4, 0.5) is 24.8 Å². The number of para-hydroxylation sites is 1. The SMILES string of the molecule is Nc1nc2c3c(ccn3n1)C(c1cccc(OC(F)(F)F)c1)=Nc1ccccc1-2. The number of benzene rings is 2. The van der Waals surface area contributed by atoms with E-state index in [0.717, 1.165) is 5.56 Å². The van der Waals surface area contributed by atoms with Crippen molar-refractivity contribution in [2.45, 2.75) is 6.36 Å². The minimum atomic E-state index is -4.78. The van der Waals surface area contributed by atoms with E-state index in [4.69, 9.17) is 10.7 Å². The van der Waals surface area contributed by atoms with Gasteiger partial charge in [0.15, 0.2) is 0 Å². The molecule has 0 bridgehead atoms. The van der Waals surface area contributed by atoms with Crippen LogP contribution in [0.25, 0.3) is 16.8 Å². The van der Waals surface area contributed by atoms with Gasteiger partial charge in [-0.3, -0.25) is 0 Å². The fourth-order valence-corrected chi connectivity index (χ4v) is 3.43. The van der Waals surface area contributed by atoms with Gasteiger partial charge in [-0.15, -0.1) is 18.3 Å². The molecule has 0 spiro atoms. The molecule has 0 saturated carbocycles. The van der Waals surface area contributed by atoms with Crippen molar-refractivity contribution in [2.75, 3.05) is 5.73 Å². The summed E-state index contributed by atoms with van der Waals surface area (Å²) in [6, 6.07) is 14.9. The first-order valence-electron chi connectivity index (χ1n) is 8.58. The van der Waals surface area contributed by atoms with E-state index in [-0.39, 0.29) is 11.7 Å². The number of hydrogen-bond donors (Lipinski definition) is 1. The average molecular weight is 395 g/mol. The summed E-state index contributed by atoms with van der Waals surface area (Å²) in [6.07, 6.45) is -3.07. The number of nitrogens with zero attached hydrogens (tertiary/aromatic N) is 4. The number of fused-ring (bicyclic) bond motifs is 2. The van der Waals surface area contributed by atoms with Gasteiger partial charge in [-0.05, 0) is 24.3 Å². The molecule has 1 aliphatic rings. The highest BCUT2D eigenvalue weighted by Gasteiger charge is 2.31. The van der Waals surface area contributed by atoms with Crippen molar-refractivity contribution in [3.8, 4) is 17.0 Å². The van der Waals surface area contributed by atoms with Crippen LogP contribution in [-0.4, -0.2) is 26.7 Å². The minimum absolute atomic E-state index is 0.105. The van der Waals surface area contributed by atoms with Crippen LogP contribution in [0.3, 0.4) is 0 Å². The van der Waals surface area contributed by atoms with Gasteiger partial charge in [0.25, 0.3) is 0 Å². The van der Waals surface area contributed by atoms with Crippen molar-refractivity contribution < 1.29 is 17.9 Å². The van der Waals surface area contributed by atoms with E-state index < -0.39 is 6.36 Å². The summed E-state index contributed by atoms with van der Waals surface area (Å²) in [5.41, 5.74) is 10.2. The van der Waals surface area contributed by atoms with E-state index in [1.54, 1.807) is 22.8 Å². The summed E-state index contributed by atoms with van der Waals surface area (Å²) in [5, 5.41) is 4.20. The summed E-state index contributed by atoms with van der Waals surface area (Å²) < 4.78 is 43.7. The van der Waals surface area contributed by atoms with Crippen molar-refractivity contribution >= 4 is 22.9 Å². The third kappa shape index (κ3) is 2.96. The van der Waals surface area contributed by atoms with Crippen molar-refractivity contribution in [3.05, 3.63) is 71.9 Å². The molecule has 3 heterocycles. The van der Waals surface area contributed by atoms with Crippen LogP contribution < -0.4 is 10.5 Å². The summed E-state index contributed by atoms with van der Waals surface area (Å²) in [7, 11) is 0. The van der Waals surface area contributed by atoms with Crippen molar-refractivity contribution in [3.63, 3.8) is 0 Å². The van der Waals surface area contributed by atoms with E-state index >= 15 is 0 Å². The molecule has 0 amide bonds. The number of hydrogen-bond acceptors (Lipinski definition) is 5. The number of aromatic nitrogens is 3. The first-order chi connectivity index (χ1) is 13.9. The van der Waals surface area contributed by atoms with Crippen LogP contribution in [-0.2, 0) is 0 Å². The molecule has 5 rings (SSSR count). The van der Waals surface area contributed by atoms with E-state index in [9.17, 15) is 13.2 Å². The Hall–Kier alpha value is -3.88. The molecular weight excluding hydrogens is 383 g/mol. The Morgan fingerprint density at radius 1 is 0.966 bits per heavy atom. The van der Waals surface area contributed by atoms with Crippen LogP contribution >= 0.6 is 0 Å². The topological polar surface area (TPSA) is 77.8 Å². The third-order valence-electron chi connectivity index (χ3n) is 4.52. The van der Waals surface area contributed by atoms with E-state index in [2.05, 4.69) is 14.8 Å². The molecule has 9 heteroatoms. The van der Waals surface area contributed by atoms with Gasteiger partial charge in [0.1, 0.15) is 17.0 Å². The van der Waals surface area contributed by atoms with Gasteiger partial charge in [0.05, 0.1) is 11.4 Å². The molecule has 0 radical (unpaired) electrons. The number of rotatable bonds is 2. The molecule has 2 aromatic heterocycles. The highest BCUT2D eigenvalue weighted by molar-refractivity contribution is 6.20. The predicted molar refractivity (Wildman–Crippen MR) is 101 cm³/mol. The lowest BCUT2D eigenvalue weighted by Gasteiger charge is -2.11. The lowest BCUT2D eigenvalue weighted by atomic mass is 10.0. The molecule has 29 heavy (non-hydrogen) atoms. The molecule has 0 unspecified atom stereocenters. The number of nitrogens with two attached hydrogens (primary N) is 1. The van der Waals surface area contributed by atoms with Gasteiger partial charge in [-0.2, -0.15) is 0 Å². The average Bonchev–Trinajstić information content (AvgIpc) is 3.01. The molecule has 4 aromatic rings. The molecule has 0 atom stereocenters. The maximum Gasteiger partial charge on any atom is 0.573 e. The predicted octanol–water partition coefficient (Wildman–Crippen LogP) is 4.36. The Balaban J connectivity index is 1.78. The van der Waals surface area contributed by atoms with Crippen LogP contribution in [0.2, 0.25) is 0 Å². The lowest BCUT2D eigenvalue weighted by molar-refractivity contribution is -0.274. The van der Waals surface area contributed by atoms with Gasteiger partial charge in [0.2, 0.25) is 5.95 Å². The fourth-order valence-electron chi connectivity index (χ4n) is 3.43. The summed E-state index contributed by atoms with van der Waals surface area (Å²) in [6.45, 7) is 0. The molecule has 0 fully saturated rings. The molecule has 0 saturated heterocycles. The van der Waals surface area contributed by atoms with Gasteiger partial charge < -0.3 is 10.5 Å². The molecule has 1 aliphatic heterocycles. The van der Waals surface area contributed by atoms with Crippen molar-refractivity contribution in [1.82, 2.24) is 14.6 Å². The number of aliphatic imine (C=N–C) groups is 1. The van der Waals surface area contributed by atoms with Gasteiger partial charge >= 0.3 is 6.36 Å². The van der Waals surface area contributed by atoms with Crippen LogP contribution in [0.15, 0.2) is 65.8 Å². The molecular formula is C20H12F3N5O. The second kappa shape index (κ2) is 6.06. The zero-order valence-electron chi connectivity index (χ0n) is 14.7. The van der Waals surface area contributed by atoms with Crippen LogP contribution in [0.5, 0.6) is 5.75 Å². The fraction of sp³-hybridized carbons (Fsp3) is 0.0500. The van der Waals surface area contributed by atoms with E-state index in [1.807, 2.05) is 24.3 Å². The first kappa shape index (κ1) is 17.2. The minimum Gasteiger partial charge on any atom is -0.406 e. The third-order valence-corrected chi connectivity index (χ3v) is 4.52. The molecule has 2 aromatic carbocycles. The van der Waals surface area contributed by atoms with Crippen LogP contribution in [0.1, 0.15) is 11.1 Å². The summed E-state index contributed by atoms with van der Waals surface area (Å²) >= 11 is 0. The van der Waals surface area contributed by atoms with Gasteiger partial charge in [-0.25, -0.2) is 14.5 Å². The second-order valence-corrected chi connectivity index (χ2v) is 6.39. The molecule has 6 nitrogen and oxygen atoms in total. The first-order valence-corrected chi connectivity index (χ1v) is 8.58. The molecule has 144 valence electrons.